The van der Waals surface area contributed by atoms with E-state index in [9.17, 15) is 4.79 Å². The summed E-state index contributed by atoms with van der Waals surface area (Å²) in [5.41, 5.74) is 7.75. The highest BCUT2D eigenvalue weighted by Crippen LogP contribution is 2.22. The maximum absolute atomic E-state index is 11.9. The van der Waals surface area contributed by atoms with Crippen LogP contribution in [0.25, 0.3) is 11.1 Å². The van der Waals surface area contributed by atoms with Gasteiger partial charge in [0.25, 0.3) is 5.91 Å². The molecule has 5 heteroatoms. The van der Waals surface area contributed by atoms with E-state index < -0.39 is 6.10 Å². The van der Waals surface area contributed by atoms with Crippen LogP contribution in [0.15, 0.2) is 54.6 Å². The van der Waals surface area contributed by atoms with Crippen LogP contribution in [0.2, 0.25) is 0 Å². The summed E-state index contributed by atoms with van der Waals surface area (Å²) in [6.45, 7) is 3.99. The van der Waals surface area contributed by atoms with E-state index >= 15 is 0 Å². The Balaban J connectivity index is 0.00000264. The van der Waals surface area contributed by atoms with Gasteiger partial charge < -0.3 is 15.8 Å². The van der Waals surface area contributed by atoms with E-state index in [0.29, 0.717) is 12.3 Å². The maximum atomic E-state index is 11.9. The highest BCUT2D eigenvalue weighted by atomic mass is 35.5. The van der Waals surface area contributed by atoms with E-state index in [1.807, 2.05) is 49.4 Å². The van der Waals surface area contributed by atoms with Crippen LogP contribution in [0.4, 0.5) is 0 Å². The first-order valence-corrected chi connectivity index (χ1v) is 7.42. The minimum atomic E-state index is -0.559. The normalized spacial score (nSPS) is 12.7. The lowest BCUT2D eigenvalue weighted by atomic mass is 10.1. The van der Waals surface area contributed by atoms with Crippen LogP contribution in [0.3, 0.4) is 0 Å². The van der Waals surface area contributed by atoms with Gasteiger partial charge in [0.1, 0.15) is 5.75 Å². The van der Waals surface area contributed by atoms with Gasteiger partial charge in [-0.2, -0.15) is 0 Å². The first-order valence-electron chi connectivity index (χ1n) is 7.42. The zero-order valence-electron chi connectivity index (χ0n) is 13.4. The predicted molar refractivity (Wildman–Crippen MR) is 95.9 cm³/mol. The van der Waals surface area contributed by atoms with Crippen molar-refractivity contribution < 1.29 is 9.53 Å². The van der Waals surface area contributed by atoms with Gasteiger partial charge in [-0.3, -0.25) is 4.79 Å². The highest BCUT2D eigenvalue weighted by Gasteiger charge is 2.16. The van der Waals surface area contributed by atoms with Crippen molar-refractivity contribution in [2.45, 2.75) is 26.0 Å². The largest absolute Gasteiger partial charge is 0.481 e. The molecular weight excluding hydrogens is 312 g/mol. The molecule has 0 saturated carbocycles. The fraction of sp³-hybridized carbons (Fsp3) is 0.278. The molecule has 0 spiro atoms. The van der Waals surface area contributed by atoms with Crippen molar-refractivity contribution in [1.82, 2.24) is 5.32 Å². The molecule has 1 amide bonds. The Morgan fingerprint density at radius 3 is 2.17 bits per heavy atom. The molecular formula is C18H23ClN2O2. The molecule has 0 bridgehead atoms. The summed E-state index contributed by atoms with van der Waals surface area (Å²) < 4.78 is 5.66. The lowest BCUT2D eigenvalue weighted by Gasteiger charge is -2.17. The van der Waals surface area contributed by atoms with Gasteiger partial charge in [-0.05, 0) is 37.1 Å². The number of benzene rings is 2. The minimum Gasteiger partial charge on any atom is -0.481 e. The summed E-state index contributed by atoms with van der Waals surface area (Å²) in [4.78, 5) is 11.9. The number of amides is 1. The standard InChI is InChI=1S/C18H22N2O2.ClH/c1-13(12-19)20-18(21)14(2)22-17-10-8-16(9-11-17)15-6-4-3-5-7-15;/h3-11,13-14H,12,19H2,1-2H3,(H,20,21);1H/t13-,14?;/m0./s1. The molecule has 3 N–H and O–H groups in total. The number of nitrogens with two attached hydrogens (primary N) is 1. The molecule has 0 radical (unpaired) electrons. The van der Waals surface area contributed by atoms with Gasteiger partial charge in [-0.15, -0.1) is 12.4 Å². The fourth-order valence-electron chi connectivity index (χ4n) is 2.03. The van der Waals surface area contributed by atoms with Crippen LogP contribution in [-0.4, -0.2) is 24.6 Å². The number of hydrogen-bond donors (Lipinski definition) is 2. The third-order valence-corrected chi connectivity index (χ3v) is 3.39. The fourth-order valence-corrected chi connectivity index (χ4v) is 2.03. The second-order valence-corrected chi connectivity index (χ2v) is 5.30. The molecule has 124 valence electrons. The van der Waals surface area contributed by atoms with E-state index in [0.717, 1.165) is 11.1 Å². The number of carbonyl (C=O) groups excluding carboxylic acids is 1. The van der Waals surface area contributed by atoms with Crippen molar-refractivity contribution in [3.8, 4) is 16.9 Å². The Bertz CT molecular complexity index is 602. The van der Waals surface area contributed by atoms with Gasteiger partial charge in [-0.1, -0.05) is 42.5 Å². The lowest BCUT2D eigenvalue weighted by molar-refractivity contribution is -0.127. The number of nitrogens with one attached hydrogen (secondary N) is 1. The minimum absolute atomic E-state index is 0. The molecule has 2 aromatic carbocycles. The van der Waals surface area contributed by atoms with Crippen molar-refractivity contribution in [1.29, 1.82) is 0 Å². The molecule has 4 nitrogen and oxygen atoms in total. The van der Waals surface area contributed by atoms with E-state index in [-0.39, 0.29) is 24.4 Å². The Labute approximate surface area is 143 Å². The van der Waals surface area contributed by atoms with Crippen LogP contribution < -0.4 is 15.8 Å². The molecule has 0 saturated heterocycles. The smallest absolute Gasteiger partial charge is 0.261 e. The molecule has 0 aliphatic heterocycles. The van der Waals surface area contributed by atoms with E-state index in [4.69, 9.17) is 10.5 Å². The van der Waals surface area contributed by atoms with Crippen LogP contribution in [0.5, 0.6) is 5.75 Å². The molecule has 0 fully saturated rings. The molecule has 1 unspecified atom stereocenters. The monoisotopic (exact) mass is 334 g/mol. The topological polar surface area (TPSA) is 64.3 Å². The van der Waals surface area contributed by atoms with Crippen molar-refractivity contribution in [2.75, 3.05) is 6.54 Å². The average molecular weight is 335 g/mol. The molecule has 0 aromatic heterocycles. The predicted octanol–water partition coefficient (Wildman–Crippen LogP) is 3.01. The van der Waals surface area contributed by atoms with E-state index in [1.54, 1.807) is 6.92 Å². The molecule has 2 atom stereocenters. The Hall–Kier alpha value is -2.04. The first-order chi connectivity index (χ1) is 10.6. The van der Waals surface area contributed by atoms with Gasteiger partial charge >= 0.3 is 0 Å². The number of halogens is 1. The van der Waals surface area contributed by atoms with Crippen LogP contribution in [0.1, 0.15) is 13.8 Å². The van der Waals surface area contributed by atoms with Gasteiger partial charge in [0.15, 0.2) is 6.10 Å². The van der Waals surface area contributed by atoms with Crippen molar-refractivity contribution in [3.05, 3.63) is 54.6 Å². The summed E-state index contributed by atoms with van der Waals surface area (Å²) in [7, 11) is 0. The van der Waals surface area contributed by atoms with Crippen molar-refractivity contribution in [2.24, 2.45) is 5.73 Å². The number of hydrogen-bond acceptors (Lipinski definition) is 3. The summed E-state index contributed by atoms with van der Waals surface area (Å²) in [5.74, 6) is 0.507. The van der Waals surface area contributed by atoms with Crippen molar-refractivity contribution in [3.63, 3.8) is 0 Å². The van der Waals surface area contributed by atoms with Crippen LogP contribution in [-0.2, 0) is 4.79 Å². The first kappa shape index (κ1) is 19.0. The summed E-state index contributed by atoms with van der Waals surface area (Å²) in [6.07, 6.45) is -0.559. The highest BCUT2D eigenvalue weighted by molar-refractivity contribution is 5.85. The molecule has 0 heterocycles. The number of rotatable bonds is 6. The SMILES string of the molecule is CC(Oc1ccc(-c2ccccc2)cc1)C(=O)N[C@@H](C)CN.Cl. The Morgan fingerprint density at radius 2 is 1.61 bits per heavy atom. The average Bonchev–Trinajstić information content (AvgIpc) is 2.56. The van der Waals surface area contributed by atoms with Crippen molar-refractivity contribution >= 4 is 18.3 Å². The third kappa shape index (κ3) is 5.58. The summed E-state index contributed by atoms with van der Waals surface area (Å²) in [5, 5.41) is 2.80. The van der Waals surface area contributed by atoms with Crippen LogP contribution in [0, 0.1) is 0 Å². The Kier molecular flexibility index (Phi) is 7.59. The molecule has 2 aromatic rings. The third-order valence-electron chi connectivity index (χ3n) is 3.39. The quantitative estimate of drug-likeness (QED) is 0.853. The molecule has 0 aliphatic carbocycles. The Morgan fingerprint density at radius 1 is 1.04 bits per heavy atom. The zero-order valence-corrected chi connectivity index (χ0v) is 14.2. The summed E-state index contributed by atoms with van der Waals surface area (Å²) >= 11 is 0. The molecule has 2 rings (SSSR count). The number of carbonyl (C=O) groups is 1. The maximum Gasteiger partial charge on any atom is 0.261 e. The van der Waals surface area contributed by atoms with E-state index in [2.05, 4.69) is 17.4 Å². The second-order valence-electron chi connectivity index (χ2n) is 5.30. The van der Waals surface area contributed by atoms with Gasteiger partial charge in [0.05, 0.1) is 0 Å². The van der Waals surface area contributed by atoms with Crippen LogP contribution >= 0.6 is 12.4 Å². The second kappa shape index (κ2) is 9.18. The van der Waals surface area contributed by atoms with Gasteiger partial charge in [0, 0.05) is 12.6 Å². The van der Waals surface area contributed by atoms with Gasteiger partial charge in [-0.25, -0.2) is 0 Å². The zero-order chi connectivity index (χ0) is 15.9. The number of ether oxygens (including phenoxy) is 1. The van der Waals surface area contributed by atoms with E-state index in [1.165, 1.54) is 0 Å². The van der Waals surface area contributed by atoms with Gasteiger partial charge in [0.2, 0.25) is 0 Å². The summed E-state index contributed by atoms with van der Waals surface area (Å²) in [6, 6.07) is 17.8. The lowest BCUT2D eigenvalue weighted by Crippen LogP contribution is -2.44. The molecule has 23 heavy (non-hydrogen) atoms. The molecule has 0 aliphatic rings.